The average molecular weight is 341 g/mol. The summed E-state index contributed by atoms with van der Waals surface area (Å²) in [5, 5.41) is 7.78. The fourth-order valence-electron chi connectivity index (χ4n) is 3.97. The first kappa shape index (κ1) is 18.3. The Morgan fingerprint density at radius 1 is 1.26 bits per heavy atom. The summed E-state index contributed by atoms with van der Waals surface area (Å²) in [6.07, 6.45) is 7.66. The smallest absolute Gasteiger partial charge is 0.250 e. The Morgan fingerprint density at radius 3 is 2.43 bits per heavy atom. The Labute approximate surface area is 145 Å². The van der Waals surface area contributed by atoms with Crippen molar-refractivity contribution in [1.29, 1.82) is 0 Å². The van der Waals surface area contributed by atoms with Gasteiger partial charge >= 0.3 is 0 Å². The third-order valence-electron chi connectivity index (χ3n) is 5.54. The van der Waals surface area contributed by atoms with E-state index < -0.39 is 5.54 Å². The molecule has 0 aromatic carbocycles. The van der Waals surface area contributed by atoms with Crippen LogP contribution in [0.4, 0.5) is 0 Å². The Balaban J connectivity index is 0.00000192. The number of piperidine rings is 2. The zero-order chi connectivity index (χ0) is 15.6. The number of halogens is 1. The minimum atomic E-state index is -0.473. The molecule has 1 N–H and O–H groups in total. The van der Waals surface area contributed by atoms with Crippen molar-refractivity contribution in [3.63, 3.8) is 0 Å². The van der Waals surface area contributed by atoms with E-state index in [1.807, 2.05) is 16.9 Å². The standard InChI is InChI=1S/C17H28N4O.ClH/c1-14(2)15-4-12-20(13-5-15)16(22)17(6-9-18-10-7-17)21-11-3-8-19-21;/h3,8,11,14-15,18H,4-7,9-10,12-13H2,1-2H3;1H. The number of likely N-dealkylation sites (tertiary alicyclic amines) is 1. The zero-order valence-electron chi connectivity index (χ0n) is 14.2. The largest absolute Gasteiger partial charge is 0.341 e. The van der Waals surface area contributed by atoms with Crippen LogP contribution in [0.3, 0.4) is 0 Å². The highest BCUT2D eigenvalue weighted by Crippen LogP contribution is 2.32. The van der Waals surface area contributed by atoms with Crippen molar-refractivity contribution < 1.29 is 4.79 Å². The molecule has 0 bridgehead atoms. The number of hydrogen-bond acceptors (Lipinski definition) is 3. The van der Waals surface area contributed by atoms with Crippen molar-refractivity contribution >= 4 is 18.3 Å². The third kappa shape index (κ3) is 3.56. The van der Waals surface area contributed by atoms with Gasteiger partial charge in [0.25, 0.3) is 5.91 Å². The first-order chi connectivity index (χ1) is 10.6. The van der Waals surface area contributed by atoms with Crippen LogP contribution in [-0.4, -0.2) is 46.8 Å². The molecular formula is C17H29ClN4O. The van der Waals surface area contributed by atoms with Crippen LogP contribution in [0.1, 0.15) is 39.5 Å². The summed E-state index contributed by atoms with van der Waals surface area (Å²) in [4.78, 5) is 15.4. The van der Waals surface area contributed by atoms with E-state index in [1.54, 1.807) is 6.20 Å². The molecule has 0 aliphatic carbocycles. The van der Waals surface area contributed by atoms with Gasteiger partial charge in [-0.2, -0.15) is 5.10 Å². The van der Waals surface area contributed by atoms with Crippen LogP contribution >= 0.6 is 12.4 Å². The van der Waals surface area contributed by atoms with Crippen LogP contribution in [0.25, 0.3) is 0 Å². The fourth-order valence-corrected chi connectivity index (χ4v) is 3.97. The molecular weight excluding hydrogens is 312 g/mol. The first-order valence-electron chi connectivity index (χ1n) is 8.64. The molecule has 0 saturated carbocycles. The molecule has 0 atom stereocenters. The number of rotatable bonds is 3. The summed E-state index contributed by atoms with van der Waals surface area (Å²) < 4.78 is 1.91. The SMILES string of the molecule is CC(C)C1CCN(C(=O)C2(n3cccn3)CCNCC2)CC1.Cl. The summed E-state index contributed by atoms with van der Waals surface area (Å²) >= 11 is 0. The highest BCUT2D eigenvalue weighted by atomic mass is 35.5. The second kappa shape index (κ2) is 7.67. The molecule has 6 heteroatoms. The number of hydrogen-bond donors (Lipinski definition) is 1. The number of aromatic nitrogens is 2. The molecule has 2 saturated heterocycles. The molecule has 1 aromatic rings. The maximum Gasteiger partial charge on any atom is 0.250 e. The minimum Gasteiger partial charge on any atom is -0.341 e. The highest BCUT2D eigenvalue weighted by Gasteiger charge is 2.45. The van der Waals surface area contributed by atoms with Gasteiger partial charge < -0.3 is 10.2 Å². The summed E-state index contributed by atoms with van der Waals surface area (Å²) in [6, 6.07) is 1.92. The number of nitrogens with zero attached hydrogens (tertiary/aromatic N) is 3. The van der Waals surface area contributed by atoms with Crippen molar-refractivity contribution in [3.05, 3.63) is 18.5 Å². The van der Waals surface area contributed by atoms with Crippen molar-refractivity contribution in [1.82, 2.24) is 20.0 Å². The Bertz CT molecular complexity index is 489. The van der Waals surface area contributed by atoms with E-state index in [9.17, 15) is 4.79 Å². The van der Waals surface area contributed by atoms with Gasteiger partial charge in [0.1, 0.15) is 5.54 Å². The molecule has 0 spiro atoms. The van der Waals surface area contributed by atoms with Gasteiger partial charge in [-0.25, -0.2) is 0 Å². The van der Waals surface area contributed by atoms with Gasteiger partial charge in [-0.1, -0.05) is 13.8 Å². The van der Waals surface area contributed by atoms with E-state index in [1.165, 1.54) is 0 Å². The van der Waals surface area contributed by atoms with Crippen LogP contribution in [-0.2, 0) is 10.3 Å². The molecule has 5 nitrogen and oxygen atoms in total. The number of carbonyl (C=O) groups is 1. The molecule has 0 radical (unpaired) electrons. The maximum absolute atomic E-state index is 13.3. The topological polar surface area (TPSA) is 50.2 Å². The van der Waals surface area contributed by atoms with E-state index >= 15 is 0 Å². The average Bonchev–Trinajstić information content (AvgIpc) is 3.10. The summed E-state index contributed by atoms with van der Waals surface area (Å²) in [7, 11) is 0. The predicted molar refractivity (Wildman–Crippen MR) is 93.7 cm³/mol. The fraction of sp³-hybridized carbons (Fsp3) is 0.765. The molecule has 23 heavy (non-hydrogen) atoms. The van der Waals surface area contributed by atoms with Crippen LogP contribution in [0.2, 0.25) is 0 Å². The molecule has 3 rings (SSSR count). The molecule has 2 fully saturated rings. The van der Waals surface area contributed by atoms with Crippen LogP contribution in [0.5, 0.6) is 0 Å². The number of amides is 1. The zero-order valence-corrected chi connectivity index (χ0v) is 15.0. The van der Waals surface area contributed by atoms with Crippen LogP contribution < -0.4 is 5.32 Å². The van der Waals surface area contributed by atoms with E-state index in [2.05, 4.69) is 29.2 Å². The second-order valence-electron chi connectivity index (χ2n) is 7.11. The maximum atomic E-state index is 13.3. The normalized spacial score (nSPS) is 22.0. The molecule has 2 aliphatic rings. The second-order valence-corrected chi connectivity index (χ2v) is 7.11. The van der Waals surface area contributed by atoms with E-state index in [4.69, 9.17) is 0 Å². The van der Waals surface area contributed by atoms with Crippen molar-refractivity contribution in [2.75, 3.05) is 26.2 Å². The Kier molecular flexibility index (Phi) is 6.09. The lowest BCUT2D eigenvalue weighted by molar-refractivity contribution is -0.144. The third-order valence-corrected chi connectivity index (χ3v) is 5.54. The summed E-state index contributed by atoms with van der Waals surface area (Å²) in [5.74, 6) is 1.76. The van der Waals surface area contributed by atoms with Gasteiger partial charge in [0, 0.05) is 25.5 Å². The number of nitrogens with one attached hydrogen (secondary N) is 1. The molecule has 0 unspecified atom stereocenters. The van der Waals surface area contributed by atoms with Gasteiger partial charge in [-0.3, -0.25) is 9.48 Å². The molecule has 1 amide bonds. The van der Waals surface area contributed by atoms with Gasteiger partial charge in [-0.15, -0.1) is 12.4 Å². The van der Waals surface area contributed by atoms with Gasteiger partial charge in [0.2, 0.25) is 0 Å². The van der Waals surface area contributed by atoms with Gasteiger partial charge in [0.15, 0.2) is 0 Å². The van der Waals surface area contributed by atoms with Crippen LogP contribution in [0.15, 0.2) is 18.5 Å². The van der Waals surface area contributed by atoms with Gasteiger partial charge in [-0.05, 0) is 56.7 Å². The number of carbonyl (C=O) groups excluding carboxylic acids is 1. The predicted octanol–water partition coefficient (Wildman–Crippen LogP) is 2.28. The van der Waals surface area contributed by atoms with Crippen LogP contribution in [0, 0.1) is 11.8 Å². The summed E-state index contributed by atoms with van der Waals surface area (Å²) in [6.45, 7) is 8.15. The lowest BCUT2D eigenvalue weighted by atomic mass is 9.83. The Hall–Kier alpha value is -1.07. The van der Waals surface area contributed by atoms with E-state index in [-0.39, 0.29) is 18.3 Å². The lowest BCUT2D eigenvalue weighted by Crippen LogP contribution is -2.57. The van der Waals surface area contributed by atoms with E-state index in [0.717, 1.165) is 63.7 Å². The first-order valence-corrected chi connectivity index (χ1v) is 8.64. The molecule has 130 valence electrons. The lowest BCUT2D eigenvalue weighted by Gasteiger charge is -2.42. The van der Waals surface area contributed by atoms with Crippen molar-refractivity contribution in [2.45, 2.75) is 45.1 Å². The quantitative estimate of drug-likeness (QED) is 0.918. The molecule has 3 heterocycles. The van der Waals surface area contributed by atoms with Crippen molar-refractivity contribution in [3.8, 4) is 0 Å². The highest BCUT2D eigenvalue weighted by molar-refractivity contribution is 5.85. The Morgan fingerprint density at radius 2 is 1.91 bits per heavy atom. The molecule has 2 aliphatic heterocycles. The minimum absolute atomic E-state index is 0. The van der Waals surface area contributed by atoms with Gasteiger partial charge in [0.05, 0.1) is 0 Å². The molecule has 1 aromatic heterocycles. The van der Waals surface area contributed by atoms with Crippen molar-refractivity contribution in [2.24, 2.45) is 11.8 Å². The monoisotopic (exact) mass is 340 g/mol. The summed E-state index contributed by atoms with van der Waals surface area (Å²) in [5.41, 5.74) is -0.473. The van der Waals surface area contributed by atoms with E-state index in [0.29, 0.717) is 0 Å².